The Morgan fingerprint density at radius 3 is 2.11 bits per heavy atom. The van der Waals surface area contributed by atoms with Gasteiger partial charge in [-0.3, -0.25) is 4.79 Å². The molecule has 18 heavy (non-hydrogen) atoms. The summed E-state index contributed by atoms with van der Waals surface area (Å²) in [5, 5.41) is 17.7. The number of likely N-dealkylation sites (tertiary alicyclic amines) is 1. The molecule has 1 amide bonds. The molecule has 2 N–H and O–H groups in total. The molecule has 1 aromatic rings. The molecule has 0 aliphatic carbocycles. The lowest BCUT2D eigenvalue weighted by atomic mass is 9.79. The lowest BCUT2D eigenvalue weighted by Crippen LogP contribution is -2.34. The molecule has 0 unspecified atom stereocenters. The standard InChI is InChI=1S/C11H12BF2NO3/c13-8-5-7(12(17)18)6-9(14)10(8)11(16)15-3-1-2-4-15/h5-6,17-18H,1-4H2. The zero-order valence-corrected chi connectivity index (χ0v) is 9.57. The second-order valence-corrected chi connectivity index (χ2v) is 4.23. The van der Waals surface area contributed by atoms with Crippen molar-refractivity contribution in [3.63, 3.8) is 0 Å². The Hall–Kier alpha value is -1.47. The fourth-order valence-corrected chi connectivity index (χ4v) is 2.02. The van der Waals surface area contributed by atoms with E-state index < -0.39 is 30.2 Å². The number of benzene rings is 1. The topological polar surface area (TPSA) is 60.8 Å². The highest BCUT2D eigenvalue weighted by Gasteiger charge is 2.27. The number of amides is 1. The molecule has 0 bridgehead atoms. The van der Waals surface area contributed by atoms with Gasteiger partial charge in [-0.15, -0.1) is 0 Å². The van der Waals surface area contributed by atoms with Crippen molar-refractivity contribution < 1.29 is 23.6 Å². The Kier molecular flexibility index (Phi) is 3.63. The van der Waals surface area contributed by atoms with E-state index in [1.54, 1.807) is 0 Å². The average molecular weight is 255 g/mol. The molecule has 1 fully saturated rings. The first-order chi connectivity index (χ1) is 8.50. The lowest BCUT2D eigenvalue weighted by molar-refractivity contribution is 0.0783. The predicted molar refractivity (Wildman–Crippen MR) is 61.3 cm³/mol. The summed E-state index contributed by atoms with van der Waals surface area (Å²) in [5.41, 5.74) is -0.954. The first-order valence-electron chi connectivity index (χ1n) is 5.65. The van der Waals surface area contributed by atoms with Crippen LogP contribution in [-0.4, -0.2) is 41.1 Å². The number of carbonyl (C=O) groups is 1. The van der Waals surface area contributed by atoms with Crippen molar-refractivity contribution in [1.82, 2.24) is 4.90 Å². The summed E-state index contributed by atoms with van der Waals surface area (Å²) in [5.74, 6) is -2.84. The molecule has 0 radical (unpaired) electrons. The van der Waals surface area contributed by atoms with Gasteiger partial charge in [0.2, 0.25) is 0 Å². The van der Waals surface area contributed by atoms with Crippen molar-refractivity contribution >= 4 is 18.5 Å². The van der Waals surface area contributed by atoms with Crippen molar-refractivity contribution in [3.8, 4) is 0 Å². The van der Waals surface area contributed by atoms with Crippen molar-refractivity contribution in [2.24, 2.45) is 0 Å². The van der Waals surface area contributed by atoms with Crippen molar-refractivity contribution in [1.29, 1.82) is 0 Å². The number of halogens is 2. The zero-order valence-electron chi connectivity index (χ0n) is 9.57. The first-order valence-corrected chi connectivity index (χ1v) is 5.65. The molecule has 1 heterocycles. The molecule has 1 aliphatic rings. The van der Waals surface area contributed by atoms with Gasteiger partial charge in [-0.2, -0.15) is 0 Å². The lowest BCUT2D eigenvalue weighted by Gasteiger charge is -2.16. The van der Waals surface area contributed by atoms with E-state index >= 15 is 0 Å². The third kappa shape index (κ3) is 2.37. The van der Waals surface area contributed by atoms with Gasteiger partial charge in [0.1, 0.15) is 17.2 Å². The number of rotatable bonds is 2. The van der Waals surface area contributed by atoms with Crippen LogP contribution < -0.4 is 5.46 Å². The zero-order chi connectivity index (χ0) is 13.3. The predicted octanol–water partition coefficient (Wildman–Crippen LogP) is -0.119. The second kappa shape index (κ2) is 5.03. The van der Waals surface area contributed by atoms with E-state index in [2.05, 4.69) is 0 Å². The third-order valence-corrected chi connectivity index (χ3v) is 2.97. The Balaban J connectivity index is 2.35. The first kappa shape index (κ1) is 13.0. The van der Waals surface area contributed by atoms with Crippen molar-refractivity contribution in [2.75, 3.05) is 13.1 Å². The summed E-state index contributed by atoms with van der Waals surface area (Å²) >= 11 is 0. The molecule has 0 saturated carbocycles. The van der Waals surface area contributed by atoms with E-state index in [4.69, 9.17) is 10.0 Å². The van der Waals surface area contributed by atoms with Crippen LogP contribution in [0.4, 0.5) is 8.78 Å². The van der Waals surface area contributed by atoms with Crippen LogP contribution in [0, 0.1) is 11.6 Å². The van der Waals surface area contributed by atoms with Gasteiger partial charge < -0.3 is 14.9 Å². The van der Waals surface area contributed by atoms with E-state index in [9.17, 15) is 13.6 Å². The molecule has 1 aromatic carbocycles. The van der Waals surface area contributed by atoms with Crippen LogP contribution in [0.5, 0.6) is 0 Å². The van der Waals surface area contributed by atoms with Crippen LogP contribution in [0.25, 0.3) is 0 Å². The molecule has 2 rings (SSSR count). The minimum absolute atomic E-state index is 0.317. The highest BCUT2D eigenvalue weighted by atomic mass is 19.1. The van der Waals surface area contributed by atoms with Gasteiger partial charge in [-0.1, -0.05) is 0 Å². The van der Waals surface area contributed by atoms with Gasteiger partial charge in [0.25, 0.3) is 5.91 Å². The van der Waals surface area contributed by atoms with E-state index in [-0.39, 0.29) is 5.46 Å². The molecule has 0 aromatic heterocycles. The van der Waals surface area contributed by atoms with Crippen LogP contribution in [0.15, 0.2) is 12.1 Å². The molecule has 4 nitrogen and oxygen atoms in total. The Morgan fingerprint density at radius 2 is 1.67 bits per heavy atom. The molecule has 1 saturated heterocycles. The summed E-state index contributed by atoms with van der Waals surface area (Å²) in [6.07, 6.45) is 1.64. The van der Waals surface area contributed by atoms with Gasteiger partial charge in [-0.25, -0.2) is 8.78 Å². The number of carbonyl (C=O) groups excluding carboxylic acids is 1. The highest BCUT2D eigenvalue weighted by Crippen LogP contribution is 2.17. The van der Waals surface area contributed by atoms with E-state index in [0.29, 0.717) is 13.1 Å². The average Bonchev–Trinajstić information content (AvgIpc) is 2.80. The summed E-state index contributed by atoms with van der Waals surface area (Å²) in [6, 6.07) is 1.52. The summed E-state index contributed by atoms with van der Waals surface area (Å²) in [4.78, 5) is 13.3. The monoisotopic (exact) mass is 255 g/mol. The number of hydrogen-bond acceptors (Lipinski definition) is 3. The van der Waals surface area contributed by atoms with Crippen LogP contribution in [0.3, 0.4) is 0 Å². The Morgan fingerprint density at radius 1 is 1.17 bits per heavy atom. The van der Waals surface area contributed by atoms with E-state index in [1.165, 1.54) is 4.90 Å². The van der Waals surface area contributed by atoms with Crippen molar-refractivity contribution in [3.05, 3.63) is 29.3 Å². The molecular weight excluding hydrogens is 243 g/mol. The summed E-state index contributed by atoms with van der Waals surface area (Å²) < 4.78 is 27.3. The maximum absolute atomic E-state index is 13.7. The van der Waals surface area contributed by atoms with Crippen LogP contribution in [-0.2, 0) is 0 Å². The normalized spacial score (nSPS) is 15.0. The van der Waals surface area contributed by atoms with Crippen LogP contribution >= 0.6 is 0 Å². The van der Waals surface area contributed by atoms with Gasteiger partial charge in [0.05, 0.1) is 0 Å². The van der Waals surface area contributed by atoms with Crippen LogP contribution in [0.1, 0.15) is 23.2 Å². The summed E-state index contributed by atoms with van der Waals surface area (Å²) in [7, 11) is -1.97. The van der Waals surface area contributed by atoms with Crippen LogP contribution in [0.2, 0.25) is 0 Å². The molecule has 96 valence electrons. The maximum Gasteiger partial charge on any atom is 0.488 e. The van der Waals surface area contributed by atoms with Crippen molar-refractivity contribution in [2.45, 2.75) is 12.8 Å². The molecule has 1 aliphatic heterocycles. The smallest absolute Gasteiger partial charge is 0.423 e. The number of hydrogen-bond donors (Lipinski definition) is 2. The number of nitrogens with zero attached hydrogens (tertiary/aromatic N) is 1. The third-order valence-electron chi connectivity index (χ3n) is 2.97. The molecule has 0 spiro atoms. The molecule has 7 heteroatoms. The summed E-state index contributed by atoms with van der Waals surface area (Å²) in [6.45, 7) is 0.976. The van der Waals surface area contributed by atoms with Gasteiger partial charge in [0.15, 0.2) is 0 Å². The highest BCUT2D eigenvalue weighted by molar-refractivity contribution is 6.58. The molecular formula is C11H12BF2NO3. The van der Waals surface area contributed by atoms with Gasteiger partial charge >= 0.3 is 7.12 Å². The maximum atomic E-state index is 13.7. The van der Waals surface area contributed by atoms with E-state index in [0.717, 1.165) is 25.0 Å². The fourth-order valence-electron chi connectivity index (χ4n) is 2.02. The quantitative estimate of drug-likeness (QED) is 0.724. The van der Waals surface area contributed by atoms with Gasteiger partial charge in [-0.05, 0) is 30.4 Å². The Bertz CT molecular complexity index is 452. The fraction of sp³-hybridized carbons (Fsp3) is 0.364. The largest absolute Gasteiger partial charge is 0.488 e. The van der Waals surface area contributed by atoms with E-state index in [1.807, 2.05) is 0 Å². The SMILES string of the molecule is O=C(c1c(F)cc(B(O)O)cc1F)N1CCCC1. The minimum atomic E-state index is -1.97. The minimum Gasteiger partial charge on any atom is -0.423 e. The Labute approximate surface area is 103 Å². The van der Waals surface area contributed by atoms with Gasteiger partial charge in [0, 0.05) is 13.1 Å². The second-order valence-electron chi connectivity index (χ2n) is 4.23. The molecule has 0 atom stereocenters.